The first kappa shape index (κ1) is 16.7. The van der Waals surface area contributed by atoms with Crippen molar-refractivity contribution in [3.8, 4) is 0 Å². The average molecular weight is 321 g/mol. The molecule has 0 aromatic rings. The maximum atomic E-state index is 12.4. The van der Waals surface area contributed by atoms with Crippen molar-refractivity contribution in [2.45, 2.75) is 82.8 Å². The Hall–Kier alpha value is -1.10. The second kappa shape index (κ2) is 7.65. The van der Waals surface area contributed by atoms with Gasteiger partial charge in [0.1, 0.15) is 6.04 Å². The number of amides is 2. The van der Waals surface area contributed by atoms with Gasteiger partial charge in [0.15, 0.2) is 0 Å². The van der Waals surface area contributed by atoms with Crippen LogP contribution in [0.3, 0.4) is 0 Å². The van der Waals surface area contributed by atoms with Crippen molar-refractivity contribution < 1.29 is 9.59 Å². The van der Waals surface area contributed by atoms with Gasteiger partial charge < -0.3 is 10.6 Å². The molecule has 2 saturated heterocycles. The van der Waals surface area contributed by atoms with E-state index in [0.29, 0.717) is 6.04 Å². The smallest absolute Gasteiger partial charge is 0.242 e. The van der Waals surface area contributed by atoms with E-state index in [0.717, 1.165) is 38.6 Å². The largest absolute Gasteiger partial charge is 0.350 e. The zero-order chi connectivity index (χ0) is 16.2. The van der Waals surface area contributed by atoms with E-state index in [1.165, 1.54) is 32.2 Å². The molecule has 2 heterocycles. The highest BCUT2D eigenvalue weighted by Gasteiger charge is 2.37. The zero-order valence-corrected chi connectivity index (χ0v) is 14.4. The quantitative estimate of drug-likeness (QED) is 0.830. The normalized spacial score (nSPS) is 30.5. The van der Waals surface area contributed by atoms with Gasteiger partial charge in [0.05, 0.1) is 0 Å². The van der Waals surface area contributed by atoms with Crippen LogP contribution in [0.5, 0.6) is 0 Å². The molecule has 0 aromatic heterocycles. The van der Waals surface area contributed by atoms with E-state index in [1.807, 2.05) is 6.92 Å². The standard InChI is InChI=1S/C18H31N3O2/c1-13(19-18(23)14-7-3-2-4-8-14)17(22)20-15-10-12-21-11-6-5-9-16(15)21/h13-16H,2-12H2,1H3,(H,19,23)(H,20,22)/t13-,15+,16+/m0/s1. The molecular formula is C18H31N3O2. The molecule has 3 atom stereocenters. The van der Waals surface area contributed by atoms with E-state index < -0.39 is 6.04 Å². The Morgan fingerprint density at radius 1 is 0.957 bits per heavy atom. The van der Waals surface area contributed by atoms with E-state index in [2.05, 4.69) is 15.5 Å². The maximum Gasteiger partial charge on any atom is 0.242 e. The topological polar surface area (TPSA) is 61.4 Å². The molecule has 3 fully saturated rings. The number of piperidine rings is 1. The predicted octanol–water partition coefficient (Wildman–Crippen LogP) is 1.81. The molecule has 5 heteroatoms. The third-order valence-electron chi connectivity index (χ3n) is 5.91. The summed E-state index contributed by atoms with van der Waals surface area (Å²) in [5.74, 6) is 0.156. The van der Waals surface area contributed by atoms with Crippen molar-refractivity contribution in [1.82, 2.24) is 15.5 Å². The van der Waals surface area contributed by atoms with Gasteiger partial charge in [-0.3, -0.25) is 14.5 Å². The van der Waals surface area contributed by atoms with Crippen LogP contribution >= 0.6 is 0 Å². The minimum atomic E-state index is -0.429. The Kier molecular flexibility index (Phi) is 5.57. The Morgan fingerprint density at radius 3 is 2.48 bits per heavy atom. The Morgan fingerprint density at radius 2 is 1.70 bits per heavy atom. The molecule has 3 aliphatic rings. The summed E-state index contributed by atoms with van der Waals surface area (Å²) < 4.78 is 0. The van der Waals surface area contributed by atoms with Gasteiger partial charge >= 0.3 is 0 Å². The summed E-state index contributed by atoms with van der Waals surface area (Å²) in [4.78, 5) is 27.2. The van der Waals surface area contributed by atoms with E-state index >= 15 is 0 Å². The lowest BCUT2D eigenvalue weighted by Gasteiger charge is -2.33. The van der Waals surface area contributed by atoms with E-state index in [9.17, 15) is 9.59 Å². The molecule has 1 aliphatic carbocycles. The molecule has 5 nitrogen and oxygen atoms in total. The predicted molar refractivity (Wildman–Crippen MR) is 89.9 cm³/mol. The van der Waals surface area contributed by atoms with Crippen molar-refractivity contribution >= 4 is 11.8 Å². The molecule has 1 saturated carbocycles. The van der Waals surface area contributed by atoms with E-state index in [4.69, 9.17) is 0 Å². The van der Waals surface area contributed by atoms with Crippen LogP contribution in [0.1, 0.15) is 64.7 Å². The van der Waals surface area contributed by atoms with Gasteiger partial charge in [-0.1, -0.05) is 25.7 Å². The van der Waals surface area contributed by atoms with Crippen molar-refractivity contribution in [2.24, 2.45) is 5.92 Å². The van der Waals surface area contributed by atoms with Crippen LogP contribution in [0.2, 0.25) is 0 Å². The van der Waals surface area contributed by atoms with Gasteiger partial charge in [0.25, 0.3) is 0 Å². The summed E-state index contributed by atoms with van der Waals surface area (Å²) in [5, 5.41) is 6.12. The SMILES string of the molecule is C[C@H](NC(=O)C1CCCCC1)C(=O)N[C@@H]1CCN2CCCC[C@H]12. The number of nitrogens with one attached hydrogen (secondary N) is 2. The van der Waals surface area contributed by atoms with Crippen LogP contribution in [-0.2, 0) is 9.59 Å². The third kappa shape index (κ3) is 4.06. The summed E-state index contributed by atoms with van der Waals surface area (Å²) >= 11 is 0. The highest BCUT2D eigenvalue weighted by Crippen LogP contribution is 2.27. The van der Waals surface area contributed by atoms with Crippen LogP contribution < -0.4 is 10.6 Å². The van der Waals surface area contributed by atoms with Crippen molar-refractivity contribution in [1.29, 1.82) is 0 Å². The lowest BCUT2D eigenvalue weighted by atomic mass is 9.88. The Balaban J connectivity index is 1.46. The summed E-state index contributed by atoms with van der Waals surface area (Å²) in [6.07, 6.45) is 10.2. The number of fused-ring (bicyclic) bond motifs is 1. The maximum absolute atomic E-state index is 12.4. The second-order valence-corrected chi connectivity index (χ2v) is 7.57. The van der Waals surface area contributed by atoms with Gasteiger partial charge in [-0.05, 0) is 45.6 Å². The van der Waals surface area contributed by atoms with Crippen molar-refractivity contribution in [2.75, 3.05) is 13.1 Å². The number of rotatable bonds is 4. The van der Waals surface area contributed by atoms with Crippen LogP contribution in [0, 0.1) is 5.92 Å². The molecule has 3 rings (SSSR count). The molecule has 2 aliphatic heterocycles. The second-order valence-electron chi connectivity index (χ2n) is 7.57. The minimum absolute atomic E-state index is 0.0217. The molecule has 130 valence electrons. The molecule has 23 heavy (non-hydrogen) atoms. The molecule has 0 aromatic carbocycles. The van der Waals surface area contributed by atoms with E-state index in [1.54, 1.807) is 0 Å². The van der Waals surface area contributed by atoms with Gasteiger partial charge in [-0.25, -0.2) is 0 Å². The number of hydrogen-bond acceptors (Lipinski definition) is 3. The number of carbonyl (C=O) groups excluding carboxylic acids is 2. The number of nitrogens with zero attached hydrogens (tertiary/aromatic N) is 1. The fourth-order valence-corrected chi connectivity index (χ4v) is 4.49. The lowest BCUT2D eigenvalue weighted by molar-refractivity contribution is -0.131. The lowest BCUT2D eigenvalue weighted by Crippen LogP contribution is -2.53. The highest BCUT2D eigenvalue weighted by atomic mass is 16.2. The molecule has 0 radical (unpaired) electrons. The number of hydrogen-bond donors (Lipinski definition) is 2. The fourth-order valence-electron chi connectivity index (χ4n) is 4.49. The van der Waals surface area contributed by atoms with Gasteiger partial charge in [0.2, 0.25) is 11.8 Å². The Bertz CT molecular complexity index is 434. The molecule has 0 unspecified atom stereocenters. The molecule has 2 N–H and O–H groups in total. The van der Waals surface area contributed by atoms with Crippen LogP contribution in [0.15, 0.2) is 0 Å². The summed E-state index contributed by atoms with van der Waals surface area (Å²) in [7, 11) is 0. The molecule has 0 spiro atoms. The first-order chi connectivity index (χ1) is 11.1. The van der Waals surface area contributed by atoms with Gasteiger partial charge in [-0.2, -0.15) is 0 Å². The summed E-state index contributed by atoms with van der Waals surface area (Å²) in [6, 6.07) is 0.341. The van der Waals surface area contributed by atoms with Crippen LogP contribution in [0.25, 0.3) is 0 Å². The fraction of sp³-hybridized carbons (Fsp3) is 0.889. The van der Waals surface area contributed by atoms with Crippen molar-refractivity contribution in [3.63, 3.8) is 0 Å². The molecule has 0 bridgehead atoms. The first-order valence-corrected chi connectivity index (χ1v) is 9.50. The summed E-state index contributed by atoms with van der Waals surface area (Å²) in [5.41, 5.74) is 0. The van der Waals surface area contributed by atoms with Crippen molar-refractivity contribution in [3.05, 3.63) is 0 Å². The van der Waals surface area contributed by atoms with Gasteiger partial charge in [-0.15, -0.1) is 0 Å². The molecule has 2 amide bonds. The Labute approximate surface area is 139 Å². The molecular weight excluding hydrogens is 290 g/mol. The van der Waals surface area contributed by atoms with Crippen LogP contribution in [0.4, 0.5) is 0 Å². The monoisotopic (exact) mass is 321 g/mol. The third-order valence-corrected chi connectivity index (χ3v) is 5.91. The first-order valence-electron chi connectivity index (χ1n) is 9.50. The zero-order valence-electron chi connectivity index (χ0n) is 14.4. The van der Waals surface area contributed by atoms with E-state index in [-0.39, 0.29) is 23.8 Å². The minimum Gasteiger partial charge on any atom is -0.350 e. The van der Waals surface area contributed by atoms with Crippen LogP contribution in [-0.4, -0.2) is 47.9 Å². The number of carbonyl (C=O) groups is 2. The highest BCUT2D eigenvalue weighted by molar-refractivity contribution is 5.88. The van der Waals surface area contributed by atoms with Gasteiger partial charge in [0, 0.05) is 24.5 Å². The summed E-state index contributed by atoms with van der Waals surface area (Å²) in [6.45, 7) is 4.08. The average Bonchev–Trinajstić information content (AvgIpc) is 2.98.